The standard InChI is InChI=1S/C31H30ClFN6O2/c1-3-26(40)38-15-13-24-25(38)16-39(24)30-21-10-12-23(20-8-4-6-18-9-11-22(33)28(32)27(18)20)34-29(21)35-31(36-30)41-17-19-7-5-14-37(19)2/h3-4,6,8-12,19,24-25H,1,5,7,13-17H2,2H3/t19-,24+,25+/m0/s1. The number of hydrogen-bond donors (Lipinski definition) is 0. The SMILES string of the molecule is C=CC(=O)N1CC[C@@H]2[C@H]1CN2c1nc(OC[C@@H]2CCCN2C)nc2nc(-c3cccc4ccc(F)c(Cl)c34)ccc12. The number of anilines is 1. The normalized spacial score (nSPS) is 22.3. The quantitative estimate of drug-likeness (QED) is 0.298. The number of pyridine rings is 1. The number of carbonyl (C=O) groups excluding carboxylic acids is 1. The van der Waals surface area contributed by atoms with E-state index in [1.54, 1.807) is 6.07 Å². The number of fused-ring (bicyclic) bond motifs is 3. The van der Waals surface area contributed by atoms with E-state index in [4.69, 9.17) is 31.3 Å². The summed E-state index contributed by atoms with van der Waals surface area (Å²) in [6.07, 6.45) is 4.45. The van der Waals surface area contributed by atoms with Crippen LogP contribution >= 0.6 is 11.6 Å². The molecule has 0 unspecified atom stereocenters. The smallest absolute Gasteiger partial charge is 0.320 e. The summed E-state index contributed by atoms with van der Waals surface area (Å²) in [7, 11) is 2.11. The van der Waals surface area contributed by atoms with Crippen molar-refractivity contribution in [1.82, 2.24) is 24.8 Å². The van der Waals surface area contributed by atoms with E-state index >= 15 is 0 Å². The van der Waals surface area contributed by atoms with Gasteiger partial charge in [-0.1, -0.05) is 42.4 Å². The molecule has 210 valence electrons. The molecule has 3 aliphatic heterocycles. The van der Waals surface area contributed by atoms with Crippen molar-refractivity contribution in [3.05, 3.63) is 66.0 Å². The van der Waals surface area contributed by atoms with Crippen molar-refractivity contribution < 1.29 is 13.9 Å². The fourth-order valence-corrected chi connectivity index (χ4v) is 6.82. The zero-order chi connectivity index (χ0) is 28.2. The highest BCUT2D eigenvalue weighted by Gasteiger charge is 2.49. The van der Waals surface area contributed by atoms with Gasteiger partial charge < -0.3 is 19.4 Å². The van der Waals surface area contributed by atoms with Gasteiger partial charge in [0.25, 0.3) is 0 Å². The Labute approximate surface area is 242 Å². The second-order valence-corrected chi connectivity index (χ2v) is 11.4. The van der Waals surface area contributed by atoms with Crippen LogP contribution in [0.3, 0.4) is 0 Å². The summed E-state index contributed by atoms with van der Waals surface area (Å²) in [4.78, 5) is 33.3. The van der Waals surface area contributed by atoms with Crippen LogP contribution in [0.25, 0.3) is 33.1 Å². The summed E-state index contributed by atoms with van der Waals surface area (Å²) in [5.74, 6) is 0.239. The summed E-state index contributed by atoms with van der Waals surface area (Å²) in [6, 6.07) is 13.5. The molecule has 41 heavy (non-hydrogen) atoms. The molecule has 5 heterocycles. The van der Waals surface area contributed by atoms with Crippen LogP contribution in [0.15, 0.2) is 55.1 Å². The van der Waals surface area contributed by atoms with Gasteiger partial charge in [0.05, 0.1) is 28.2 Å². The molecular formula is C31H30ClFN6O2. The average Bonchev–Trinajstić information content (AvgIpc) is 3.54. The molecule has 3 saturated heterocycles. The van der Waals surface area contributed by atoms with Gasteiger partial charge in [0, 0.05) is 30.1 Å². The maximum Gasteiger partial charge on any atom is 0.320 e. The molecule has 7 rings (SSSR count). The minimum atomic E-state index is -0.475. The maximum atomic E-state index is 14.5. The Morgan fingerprint density at radius 1 is 1.12 bits per heavy atom. The van der Waals surface area contributed by atoms with Crippen molar-refractivity contribution in [3.8, 4) is 17.3 Å². The largest absolute Gasteiger partial charge is 0.462 e. The molecule has 0 N–H and O–H groups in total. The molecule has 0 aliphatic carbocycles. The van der Waals surface area contributed by atoms with Gasteiger partial charge in [-0.2, -0.15) is 9.97 Å². The van der Waals surface area contributed by atoms with Crippen LogP contribution in [-0.4, -0.2) is 82.1 Å². The summed E-state index contributed by atoms with van der Waals surface area (Å²) in [6.45, 7) is 6.56. The number of carbonyl (C=O) groups is 1. The topological polar surface area (TPSA) is 74.7 Å². The third-order valence-corrected chi connectivity index (χ3v) is 9.20. The molecule has 0 spiro atoms. The highest BCUT2D eigenvalue weighted by molar-refractivity contribution is 6.36. The predicted molar refractivity (Wildman–Crippen MR) is 158 cm³/mol. The van der Waals surface area contributed by atoms with Crippen LogP contribution < -0.4 is 9.64 Å². The van der Waals surface area contributed by atoms with E-state index in [9.17, 15) is 9.18 Å². The van der Waals surface area contributed by atoms with E-state index < -0.39 is 5.82 Å². The number of nitrogens with zero attached hydrogens (tertiary/aromatic N) is 6. The molecule has 8 nitrogen and oxygen atoms in total. The van der Waals surface area contributed by atoms with E-state index in [2.05, 4.69) is 23.4 Å². The molecule has 3 aliphatic rings. The lowest BCUT2D eigenvalue weighted by atomic mass is 9.96. The van der Waals surface area contributed by atoms with Crippen molar-refractivity contribution in [2.45, 2.75) is 37.4 Å². The Morgan fingerprint density at radius 2 is 2.00 bits per heavy atom. The summed E-state index contributed by atoms with van der Waals surface area (Å²) in [5, 5.41) is 2.30. The molecule has 10 heteroatoms. The van der Waals surface area contributed by atoms with Gasteiger partial charge >= 0.3 is 6.01 Å². The van der Waals surface area contributed by atoms with Crippen molar-refractivity contribution in [1.29, 1.82) is 0 Å². The average molecular weight is 573 g/mol. The number of ether oxygens (including phenoxy) is 1. The Morgan fingerprint density at radius 3 is 2.80 bits per heavy atom. The number of rotatable bonds is 6. The van der Waals surface area contributed by atoms with Crippen LogP contribution in [0.4, 0.5) is 10.2 Å². The second-order valence-electron chi connectivity index (χ2n) is 11.1. The lowest BCUT2D eigenvalue weighted by Gasteiger charge is -2.47. The molecule has 4 aromatic rings. The molecule has 0 bridgehead atoms. The first-order chi connectivity index (χ1) is 19.9. The minimum Gasteiger partial charge on any atom is -0.462 e. The number of likely N-dealkylation sites (N-methyl/N-ethyl adjacent to an activating group) is 1. The first-order valence-electron chi connectivity index (χ1n) is 14.0. The molecule has 2 aromatic heterocycles. The monoisotopic (exact) mass is 572 g/mol. The fraction of sp³-hybridized carbons (Fsp3) is 0.355. The fourth-order valence-electron chi connectivity index (χ4n) is 6.55. The Balaban J connectivity index is 1.30. The molecular weight excluding hydrogens is 543 g/mol. The molecule has 0 radical (unpaired) electrons. The van der Waals surface area contributed by atoms with Gasteiger partial charge in [0.15, 0.2) is 5.65 Å². The van der Waals surface area contributed by atoms with Gasteiger partial charge in [-0.25, -0.2) is 9.37 Å². The highest BCUT2D eigenvalue weighted by atomic mass is 35.5. The number of aromatic nitrogens is 3. The van der Waals surface area contributed by atoms with Gasteiger partial charge in [-0.15, -0.1) is 0 Å². The van der Waals surface area contributed by atoms with Gasteiger partial charge in [-0.3, -0.25) is 4.79 Å². The number of hydrogen-bond acceptors (Lipinski definition) is 7. The number of likely N-dealkylation sites (tertiary alicyclic amines) is 2. The molecule has 3 atom stereocenters. The van der Waals surface area contributed by atoms with Crippen LogP contribution in [0.2, 0.25) is 5.02 Å². The van der Waals surface area contributed by atoms with Gasteiger partial charge in [0.1, 0.15) is 18.2 Å². The summed E-state index contributed by atoms with van der Waals surface area (Å²) >= 11 is 6.44. The van der Waals surface area contributed by atoms with Crippen molar-refractivity contribution >= 4 is 45.1 Å². The van der Waals surface area contributed by atoms with Crippen LogP contribution in [0.1, 0.15) is 19.3 Å². The van der Waals surface area contributed by atoms with E-state index in [1.807, 2.05) is 35.2 Å². The van der Waals surface area contributed by atoms with Gasteiger partial charge in [0.2, 0.25) is 5.91 Å². The Hall–Kier alpha value is -3.82. The number of amides is 1. The molecule has 2 aromatic carbocycles. The molecule has 3 fully saturated rings. The van der Waals surface area contributed by atoms with E-state index in [0.29, 0.717) is 42.5 Å². The van der Waals surface area contributed by atoms with Crippen LogP contribution in [0.5, 0.6) is 6.01 Å². The third-order valence-electron chi connectivity index (χ3n) is 8.83. The lowest BCUT2D eigenvalue weighted by Crippen LogP contribution is -2.63. The zero-order valence-electron chi connectivity index (χ0n) is 22.8. The van der Waals surface area contributed by atoms with Gasteiger partial charge in [-0.05, 0) is 62.5 Å². The minimum absolute atomic E-state index is 0.0362. The molecule has 1 amide bonds. The maximum absolute atomic E-state index is 14.5. The van der Waals surface area contributed by atoms with Crippen LogP contribution in [-0.2, 0) is 4.79 Å². The summed E-state index contributed by atoms with van der Waals surface area (Å²) < 4.78 is 20.6. The predicted octanol–water partition coefficient (Wildman–Crippen LogP) is 5.09. The second kappa shape index (κ2) is 10.2. The first-order valence-corrected chi connectivity index (χ1v) is 14.4. The van der Waals surface area contributed by atoms with E-state index in [0.717, 1.165) is 48.0 Å². The van der Waals surface area contributed by atoms with E-state index in [1.165, 1.54) is 12.1 Å². The third kappa shape index (κ3) is 4.38. The van der Waals surface area contributed by atoms with E-state index in [-0.39, 0.29) is 29.0 Å². The van der Waals surface area contributed by atoms with Crippen molar-refractivity contribution in [3.63, 3.8) is 0 Å². The number of halogens is 2. The Kier molecular flexibility index (Phi) is 6.51. The summed E-state index contributed by atoms with van der Waals surface area (Å²) in [5.41, 5.74) is 1.85. The zero-order valence-corrected chi connectivity index (χ0v) is 23.5. The van der Waals surface area contributed by atoms with Crippen molar-refractivity contribution in [2.75, 3.05) is 38.2 Å². The highest BCUT2D eigenvalue weighted by Crippen LogP contribution is 2.40. The van der Waals surface area contributed by atoms with Crippen molar-refractivity contribution in [2.24, 2.45) is 0 Å². The Bertz CT molecular complexity index is 1700. The lowest BCUT2D eigenvalue weighted by molar-refractivity contribution is -0.127. The number of benzene rings is 2. The first kappa shape index (κ1) is 26.1. The van der Waals surface area contributed by atoms with Crippen LogP contribution in [0, 0.1) is 5.82 Å². The molecule has 0 saturated carbocycles.